The number of carbonyl (C=O) groups excluding carboxylic acids is 2. The third-order valence-corrected chi connectivity index (χ3v) is 4.23. The second-order valence-electron chi connectivity index (χ2n) is 7.48. The normalized spacial score (nSPS) is 13.5. The zero-order chi connectivity index (χ0) is 19.9. The van der Waals surface area contributed by atoms with Crippen LogP contribution in [0, 0.1) is 6.92 Å². The highest BCUT2D eigenvalue weighted by Crippen LogP contribution is 2.38. The predicted octanol–water partition coefficient (Wildman–Crippen LogP) is 2.96. The first-order valence-electron chi connectivity index (χ1n) is 8.58. The zero-order valence-electron chi connectivity index (χ0n) is 16.1. The van der Waals surface area contributed by atoms with E-state index in [2.05, 4.69) is 9.97 Å². The lowest BCUT2D eigenvalue weighted by Crippen LogP contribution is -2.34. The molecule has 27 heavy (non-hydrogen) atoms. The van der Waals surface area contributed by atoms with Gasteiger partial charge in [0.05, 0.1) is 12.1 Å². The molecule has 8 heteroatoms. The summed E-state index contributed by atoms with van der Waals surface area (Å²) in [6, 6.07) is 5.42. The molecule has 0 fully saturated rings. The standard InChI is InChI=1S/C19H23N5O3/c1-11-6-7-12(23(5)18(26)27-19(2,3)4)8-14(11)24-15(25)9-13-16(20)21-10-22-17(13)24/h6-8,10H,9H2,1-5H3,(H2,20,21,22). The third kappa shape index (κ3) is 3.55. The molecule has 1 aromatic carbocycles. The molecule has 1 aromatic heterocycles. The van der Waals surface area contributed by atoms with E-state index in [-0.39, 0.29) is 12.3 Å². The van der Waals surface area contributed by atoms with Crippen LogP contribution >= 0.6 is 0 Å². The van der Waals surface area contributed by atoms with E-state index in [9.17, 15) is 9.59 Å². The SMILES string of the molecule is Cc1ccc(N(C)C(=O)OC(C)(C)C)cc1N1C(=O)Cc2c(N)ncnc21. The van der Waals surface area contributed by atoms with Crippen LogP contribution in [-0.2, 0) is 16.0 Å². The Balaban J connectivity index is 1.99. The molecule has 0 spiro atoms. The van der Waals surface area contributed by atoms with Crippen LogP contribution in [0.15, 0.2) is 24.5 Å². The highest BCUT2D eigenvalue weighted by atomic mass is 16.6. The molecule has 2 N–H and O–H groups in total. The van der Waals surface area contributed by atoms with E-state index in [0.29, 0.717) is 28.6 Å². The second-order valence-corrected chi connectivity index (χ2v) is 7.48. The van der Waals surface area contributed by atoms with Crippen LogP contribution < -0.4 is 15.5 Å². The van der Waals surface area contributed by atoms with Crippen molar-refractivity contribution in [3.05, 3.63) is 35.7 Å². The second kappa shape index (κ2) is 6.53. The van der Waals surface area contributed by atoms with E-state index >= 15 is 0 Å². The average molecular weight is 369 g/mol. The summed E-state index contributed by atoms with van der Waals surface area (Å²) in [6.07, 6.45) is 1.01. The maximum Gasteiger partial charge on any atom is 0.414 e. The van der Waals surface area contributed by atoms with Gasteiger partial charge in [0.25, 0.3) is 0 Å². The zero-order valence-corrected chi connectivity index (χ0v) is 16.1. The summed E-state index contributed by atoms with van der Waals surface area (Å²) in [5, 5.41) is 0. The van der Waals surface area contributed by atoms with E-state index < -0.39 is 11.7 Å². The summed E-state index contributed by atoms with van der Waals surface area (Å²) in [6.45, 7) is 7.32. The van der Waals surface area contributed by atoms with Crippen LogP contribution in [-0.4, -0.2) is 34.6 Å². The Bertz CT molecular complexity index is 920. The van der Waals surface area contributed by atoms with E-state index in [4.69, 9.17) is 10.5 Å². The van der Waals surface area contributed by atoms with Crippen LogP contribution in [0.1, 0.15) is 31.9 Å². The number of nitrogen functional groups attached to an aromatic ring is 1. The molecule has 0 bridgehead atoms. The van der Waals surface area contributed by atoms with Crippen molar-refractivity contribution in [1.82, 2.24) is 9.97 Å². The largest absolute Gasteiger partial charge is 0.443 e. The van der Waals surface area contributed by atoms with Gasteiger partial charge in [-0.3, -0.25) is 14.6 Å². The Morgan fingerprint density at radius 3 is 2.67 bits per heavy atom. The van der Waals surface area contributed by atoms with Crippen molar-refractivity contribution >= 4 is 35.0 Å². The topological polar surface area (TPSA) is 102 Å². The summed E-state index contributed by atoms with van der Waals surface area (Å²) < 4.78 is 5.41. The van der Waals surface area contributed by atoms with Gasteiger partial charge in [-0.25, -0.2) is 14.8 Å². The van der Waals surface area contributed by atoms with Crippen LogP contribution in [0.5, 0.6) is 0 Å². The first kappa shape index (κ1) is 18.6. The molecule has 1 aliphatic heterocycles. The van der Waals surface area contributed by atoms with Gasteiger partial charge in [0, 0.05) is 18.3 Å². The van der Waals surface area contributed by atoms with Crippen LogP contribution in [0.3, 0.4) is 0 Å². The lowest BCUT2D eigenvalue weighted by molar-refractivity contribution is -0.116. The summed E-state index contributed by atoms with van der Waals surface area (Å²) in [7, 11) is 1.63. The number of rotatable bonds is 2. The fourth-order valence-electron chi connectivity index (χ4n) is 2.86. The first-order chi connectivity index (χ1) is 12.6. The lowest BCUT2D eigenvalue weighted by Gasteiger charge is -2.26. The number of hydrogen-bond donors (Lipinski definition) is 1. The minimum Gasteiger partial charge on any atom is -0.443 e. The highest BCUT2D eigenvalue weighted by Gasteiger charge is 2.33. The van der Waals surface area contributed by atoms with Gasteiger partial charge in [-0.1, -0.05) is 6.07 Å². The third-order valence-electron chi connectivity index (χ3n) is 4.23. The van der Waals surface area contributed by atoms with E-state index in [1.807, 2.05) is 33.8 Å². The Hall–Kier alpha value is -3.16. The molecule has 0 aliphatic carbocycles. The smallest absolute Gasteiger partial charge is 0.414 e. The van der Waals surface area contributed by atoms with Gasteiger partial charge in [-0.15, -0.1) is 0 Å². The number of amides is 2. The minimum atomic E-state index is -0.600. The number of ether oxygens (including phenoxy) is 1. The number of anilines is 4. The van der Waals surface area contributed by atoms with Crippen LogP contribution in [0.25, 0.3) is 0 Å². The van der Waals surface area contributed by atoms with E-state index in [0.717, 1.165) is 5.56 Å². The first-order valence-corrected chi connectivity index (χ1v) is 8.58. The maximum atomic E-state index is 12.6. The van der Waals surface area contributed by atoms with Crippen LogP contribution in [0.2, 0.25) is 0 Å². The monoisotopic (exact) mass is 369 g/mol. The molecule has 142 valence electrons. The Morgan fingerprint density at radius 2 is 2.00 bits per heavy atom. The number of hydrogen-bond acceptors (Lipinski definition) is 6. The fraction of sp³-hybridized carbons (Fsp3) is 0.368. The van der Waals surface area contributed by atoms with Crippen molar-refractivity contribution < 1.29 is 14.3 Å². The van der Waals surface area contributed by atoms with Crippen molar-refractivity contribution in [2.24, 2.45) is 0 Å². The lowest BCUT2D eigenvalue weighted by atomic mass is 10.1. The maximum absolute atomic E-state index is 12.6. The van der Waals surface area contributed by atoms with Gasteiger partial charge in [0.15, 0.2) is 0 Å². The van der Waals surface area contributed by atoms with Crippen LogP contribution in [0.4, 0.5) is 27.8 Å². The quantitative estimate of drug-likeness (QED) is 0.873. The molecular weight excluding hydrogens is 346 g/mol. The molecular formula is C19H23N5O3. The van der Waals surface area contributed by atoms with Crippen molar-refractivity contribution in [3.8, 4) is 0 Å². The molecule has 3 rings (SSSR count). The molecule has 2 heterocycles. The van der Waals surface area contributed by atoms with Gasteiger partial charge < -0.3 is 10.5 Å². The van der Waals surface area contributed by atoms with E-state index in [1.54, 1.807) is 19.2 Å². The minimum absolute atomic E-state index is 0.141. The van der Waals surface area contributed by atoms with E-state index in [1.165, 1.54) is 16.1 Å². The number of aryl methyl sites for hydroxylation is 1. The van der Waals surface area contributed by atoms with Crippen molar-refractivity contribution in [2.45, 2.75) is 39.7 Å². The van der Waals surface area contributed by atoms with Gasteiger partial charge in [-0.05, 0) is 45.4 Å². The Labute approximate surface area is 158 Å². The van der Waals surface area contributed by atoms with Crippen molar-refractivity contribution in [1.29, 1.82) is 0 Å². The molecule has 0 unspecified atom stereocenters. The summed E-state index contributed by atoms with van der Waals surface area (Å²) in [5.74, 6) is 0.639. The van der Waals surface area contributed by atoms with Gasteiger partial charge in [0.1, 0.15) is 23.6 Å². The molecule has 2 aromatic rings. The molecule has 0 atom stereocenters. The number of aromatic nitrogens is 2. The predicted molar refractivity (Wildman–Crippen MR) is 103 cm³/mol. The number of benzene rings is 1. The summed E-state index contributed by atoms with van der Waals surface area (Å²) in [5.41, 5.74) is 8.03. The van der Waals surface area contributed by atoms with Gasteiger partial charge >= 0.3 is 6.09 Å². The number of nitrogens with zero attached hydrogens (tertiary/aromatic N) is 4. The van der Waals surface area contributed by atoms with Gasteiger partial charge in [0.2, 0.25) is 5.91 Å². The Kier molecular flexibility index (Phi) is 4.51. The van der Waals surface area contributed by atoms with Crippen molar-refractivity contribution in [2.75, 3.05) is 22.6 Å². The Morgan fingerprint density at radius 1 is 1.30 bits per heavy atom. The number of fused-ring (bicyclic) bond motifs is 1. The molecule has 8 nitrogen and oxygen atoms in total. The number of nitrogens with two attached hydrogens (primary N) is 1. The molecule has 0 radical (unpaired) electrons. The molecule has 0 saturated heterocycles. The average Bonchev–Trinajstić information content (AvgIpc) is 2.91. The highest BCUT2D eigenvalue weighted by molar-refractivity contribution is 6.08. The summed E-state index contributed by atoms with van der Waals surface area (Å²) >= 11 is 0. The van der Waals surface area contributed by atoms with Gasteiger partial charge in [-0.2, -0.15) is 0 Å². The number of carbonyl (C=O) groups is 2. The van der Waals surface area contributed by atoms with Crippen molar-refractivity contribution in [3.63, 3.8) is 0 Å². The molecule has 1 aliphatic rings. The molecule has 2 amide bonds. The fourth-order valence-corrected chi connectivity index (χ4v) is 2.86. The summed E-state index contributed by atoms with van der Waals surface area (Å²) in [4.78, 5) is 36.1. The molecule has 0 saturated carbocycles.